The average Bonchev–Trinajstić information content (AvgIpc) is 2.96. The minimum absolute atomic E-state index is 0.0524. The van der Waals surface area contributed by atoms with Gasteiger partial charge in [0, 0.05) is 12.0 Å². The Balaban J connectivity index is 2.11. The van der Waals surface area contributed by atoms with E-state index in [1.807, 2.05) is 0 Å². The molecule has 0 atom stereocenters. The first-order chi connectivity index (χ1) is 7.41. The maximum absolute atomic E-state index is 11.1. The molecule has 0 saturated heterocycles. The smallest absolute Gasteiger partial charge is 0.208 e. The lowest BCUT2D eigenvalue weighted by Crippen LogP contribution is -2.31. The summed E-state index contributed by atoms with van der Waals surface area (Å²) in [4.78, 5) is 0. The van der Waals surface area contributed by atoms with Crippen LogP contribution in [0.3, 0.4) is 0 Å². The Hall–Kier alpha value is -0.870. The second-order valence-corrected chi connectivity index (χ2v) is 6.57. The third-order valence-electron chi connectivity index (χ3n) is 3.19. The van der Waals surface area contributed by atoms with Gasteiger partial charge in [-0.05, 0) is 25.3 Å². The summed E-state index contributed by atoms with van der Waals surface area (Å²) in [6.07, 6.45) is 3.34. The lowest BCUT2D eigenvalue weighted by Gasteiger charge is -2.15. The van der Waals surface area contributed by atoms with E-state index in [9.17, 15) is 8.42 Å². The lowest BCUT2D eigenvalue weighted by atomic mass is 9.95. The number of benzene rings is 1. The van der Waals surface area contributed by atoms with Crippen molar-refractivity contribution in [2.75, 3.05) is 12.8 Å². The van der Waals surface area contributed by atoms with E-state index < -0.39 is 10.0 Å². The molecule has 1 fully saturated rings. The lowest BCUT2D eigenvalue weighted by molar-refractivity contribution is 0.573. The summed E-state index contributed by atoms with van der Waals surface area (Å²) < 4.78 is 24.8. The number of hydrogen-bond donors (Lipinski definition) is 1. The van der Waals surface area contributed by atoms with Crippen LogP contribution in [0.25, 0.3) is 0 Å². The summed E-state index contributed by atoms with van der Waals surface area (Å²) in [6.45, 7) is 2.58. The van der Waals surface area contributed by atoms with Gasteiger partial charge in [0.25, 0.3) is 0 Å². The van der Waals surface area contributed by atoms with Crippen LogP contribution in [0.2, 0.25) is 0 Å². The van der Waals surface area contributed by atoms with E-state index >= 15 is 0 Å². The summed E-state index contributed by atoms with van der Waals surface area (Å²) in [7, 11) is -3.08. The Bertz CT molecular complexity index is 472. The molecule has 1 saturated carbocycles. The molecule has 0 heterocycles. The summed E-state index contributed by atoms with van der Waals surface area (Å²) in [5, 5.41) is 0. The van der Waals surface area contributed by atoms with Crippen molar-refractivity contribution in [1.82, 2.24) is 4.72 Å². The largest absolute Gasteiger partial charge is 0.215 e. The van der Waals surface area contributed by atoms with Crippen molar-refractivity contribution in [2.24, 2.45) is 0 Å². The molecule has 1 aromatic rings. The first-order valence-electron chi connectivity index (χ1n) is 5.43. The Labute approximate surface area is 96.9 Å². The van der Waals surface area contributed by atoms with Crippen molar-refractivity contribution in [3.8, 4) is 0 Å². The number of hydrogen-bond acceptors (Lipinski definition) is 2. The highest BCUT2D eigenvalue weighted by Gasteiger charge is 2.44. The quantitative estimate of drug-likeness (QED) is 0.867. The molecule has 0 spiro atoms. The predicted octanol–water partition coefficient (Wildman–Crippen LogP) is 1.58. The molecule has 0 amide bonds. The van der Waals surface area contributed by atoms with E-state index in [2.05, 4.69) is 35.9 Å². The van der Waals surface area contributed by atoms with Crippen LogP contribution in [0.5, 0.6) is 0 Å². The number of nitrogens with one attached hydrogen (secondary N) is 1. The molecule has 0 unspecified atom stereocenters. The normalized spacial score (nSPS) is 18.4. The predicted molar refractivity (Wildman–Crippen MR) is 64.9 cm³/mol. The van der Waals surface area contributed by atoms with Crippen LogP contribution in [-0.4, -0.2) is 21.2 Å². The van der Waals surface area contributed by atoms with E-state index in [4.69, 9.17) is 0 Å². The molecular formula is C12H17NO2S. The molecular weight excluding hydrogens is 222 g/mol. The van der Waals surface area contributed by atoms with Crippen LogP contribution in [0, 0.1) is 6.92 Å². The first-order valence-corrected chi connectivity index (χ1v) is 7.32. The number of sulfonamides is 1. The summed E-state index contributed by atoms with van der Waals surface area (Å²) in [6, 6.07) is 8.37. The molecule has 2 rings (SSSR count). The fraction of sp³-hybridized carbons (Fsp3) is 0.500. The monoisotopic (exact) mass is 239 g/mol. The average molecular weight is 239 g/mol. The fourth-order valence-electron chi connectivity index (χ4n) is 1.89. The van der Waals surface area contributed by atoms with Crippen LogP contribution in [0.4, 0.5) is 0 Å². The standard InChI is InChI=1S/C12H17NO2S/c1-10-3-5-11(6-4-10)12(7-8-12)9-13-16(2,14)15/h3-6,13H,7-9H2,1-2H3. The molecule has 3 nitrogen and oxygen atoms in total. The van der Waals surface area contributed by atoms with Gasteiger partial charge in [-0.15, -0.1) is 0 Å². The van der Waals surface area contributed by atoms with Gasteiger partial charge in [0.1, 0.15) is 0 Å². The molecule has 0 aliphatic heterocycles. The summed E-state index contributed by atoms with van der Waals surface area (Å²) >= 11 is 0. The minimum atomic E-state index is -3.08. The molecule has 1 aliphatic rings. The third-order valence-corrected chi connectivity index (χ3v) is 3.86. The van der Waals surface area contributed by atoms with Gasteiger partial charge in [-0.25, -0.2) is 13.1 Å². The molecule has 0 bridgehead atoms. The van der Waals surface area contributed by atoms with Gasteiger partial charge in [-0.2, -0.15) is 0 Å². The van der Waals surface area contributed by atoms with Gasteiger partial charge in [0.05, 0.1) is 6.26 Å². The summed E-state index contributed by atoms with van der Waals surface area (Å²) in [5.74, 6) is 0. The van der Waals surface area contributed by atoms with Gasteiger partial charge in [-0.3, -0.25) is 0 Å². The highest BCUT2D eigenvalue weighted by atomic mass is 32.2. The van der Waals surface area contributed by atoms with Crippen LogP contribution in [-0.2, 0) is 15.4 Å². The number of aryl methyl sites for hydroxylation is 1. The van der Waals surface area contributed by atoms with Gasteiger partial charge < -0.3 is 0 Å². The molecule has 1 aromatic carbocycles. The van der Waals surface area contributed by atoms with Crippen LogP contribution in [0.1, 0.15) is 24.0 Å². The zero-order valence-corrected chi connectivity index (χ0v) is 10.5. The Morgan fingerprint density at radius 2 is 1.81 bits per heavy atom. The Kier molecular flexibility index (Phi) is 2.80. The van der Waals surface area contributed by atoms with Gasteiger partial charge in [0.2, 0.25) is 10.0 Å². The molecule has 0 radical (unpaired) electrons. The molecule has 0 aromatic heterocycles. The van der Waals surface area contributed by atoms with Crippen molar-refractivity contribution >= 4 is 10.0 Å². The summed E-state index contributed by atoms with van der Waals surface area (Å²) in [5.41, 5.74) is 2.53. The highest BCUT2D eigenvalue weighted by Crippen LogP contribution is 2.47. The van der Waals surface area contributed by atoms with E-state index in [1.165, 1.54) is 17.4 Å². The van der Waals surface area contributed by atoms with Crippen molar-refractivity contribution in [3.63, 3.8) is 0 Å². The van der Waals surface area contributed by atoms with E-state index in [-0.39, 0.29) is 5.41 Å². The molecule has 16 heavy (non-hydrogen) atoms. The zero-order valence-electron chi connectivity index (χ0n) is 9.66. The van der Waals surface area contributed by atoms with Gasteiger partial charge in [0.15, 0.2) is 0 Å². The SMILES string of the molecule is Cc1ccc(C2(CNS(C)(=O)=O)CC2)cc1. The van der Waals surface area contributed by atoms with Crippen LogP contribution < -0.4 is 4.72 Å². The minimum Gasteiger partial charge on any atom is -0.215 e. The number of rotatable bonds is 4. The van der Waals surface area contributed by atoms with E-state index in [1.54, 1.807) is 0 Å². The highest BCUT2D eigenvalue weighted by molar-refractivity contribution is 7.88. The van der Waals surface area contributed by atoms with Crippen molar-refractivity contribution in [3.05, 3.63) is 35.4 Å². The molecule has 88 valence electrons. The van der Waals surface area contributed by atoms with E-state index in [0.29, 0.717) is 6.54 Å². The molecule has 1 N–H and O–H groups in total. The second-order valence-electron chi connectivity index (χ2n) is 4.74. The van der Waals surface area contributed by atoms with Crippen LogP contribution >= 0.6 is 0 Å². The van der Waals surface area contributed by atoms with Gasteiger partial charge >= 0.3 is 0 Å². The second kappa shape index (κ2) is 3.86. The maximum Gasteiger partial charge on any atom is 0.208 e. The van der Waals surface area contributed by atoms with Crippen molar-refractivity contribution < 1.29 is 8.42 Å². The zero-order chi connectivity index (χ0) is 11.8. The van der Waals surface area contributed by atoms with Crippen LogP contribution in [0.15, 0.2) is 24.3 Å². The van der Waals surface area contributed by atoms with Gasteiger partial charge in [-0.1, -0.05) is 29.8 Å². The Morgan fingerprint density at radius 1 is 1.25 bits per heavy atom. The molecule has 4 heteroatoms. The first kappa shape index (κ1) is 11.6. The van der Waals surface area contributed by atoms with E-state index in [0.717, 1.165) is 12.8 Å². The maximum atomic E-state index is 11.1. The van der Waals surface area contributed by atoms with Crippen molar-refractivity contribution in [1.29, 1.82) is 0 Å². The Morgan fingerprint density at radius 3 is 2.25 bits per heavy atom. The molecule has 1 aliphatic carbocycles. The van der Waals surface area contributed by atoms with Crippen molar-refractivity contribution in [2.45, 2.75) is 25.2 Å². The third kappa shape index (κ3) is 2.62. The topological polar surface area (TPSA) is 46.2 Å². The fourth-order valence-corrected chi connectivity index (χ4v) is 2.43.